The van der Waals surface area contributed by atoms with Gasteiger partial charge in [-0.2, -0.15) is 8.75 Å². The Morgan fingerprint density at radius 2 is 1.07 bits per heavy atom. The van der Waals surface area contributed by atoms with Crippen LogP contribution >= 0.6 is 11.7 Å². The van der Waals surface area contributed by atoms with Gasteiger partial charge in [0.25, 0.3) is 0 Å². The fourth-order valence-electron chi connectivity index (χ4n) is 8.48. The van der Waals surface area contributed by atoms with Crippen LogP contribution < -0.4 is 0 Å². The SMILES string of the molecule is CC1(C)c2ccccc2-c2ccc(-c3ccc(-c4cc(-c5ccc(-c6nc7ccccc7c7c6ccc6nsnc67)cc5)nc(-c5ccccc5)n4)cc3)cc21. The van der Waals surface area contributed by atoms with E-state index in [2.05, 4.69) is 156 Å². The molecule has 11 rings (SSSR count). The van der Waals surface area contributed by atoms with Crippen LogP contribution in [0.4, 0.5) is 0 Å². The Balaban J connectivity index is 0.973. The standard InChI is InChI=1S/C50H33N5S/c1-50(2)40-14-8-6-12-36(40)37-25-24-35(28-41(37)50)30-16-18-31(19-17-30)44-29-45(53-49(52-44)34-10-4-3-5-11-34)32-20-22-33(23-21-32)47-39-26-27-43-48(55-56-54-43)46(39)38-13-7-9-15-42(38)51-47/h3-29H,1-2H3. The van der Waals surface area contributed by atoms with Gasteiger partial charge in [-0.1, -0.05) is 147 Å². The van der Waals surface area contributed by atoms with Gasteiger partial charge in [-0.25, -0.2) is 15.0 Å². The molecule has 7 aromatic carbocycles. The maximum Gasteiger partial charge on any atom is 0.160 e. The Bertz CT molecular complexity index is 3150. The summed E-state index contributed by atoms with van der Waals surface area (Å²) in [4.78, 5) is 15.4. The molecule has 1 aliphatic rings. The third kappa shape index (κ3) is 5.18. The summed E-state index contributed by atoms with van der Waals surface area (Å²) < 4.78 is 9.21. The minimum Gasteiger partial charge on any atom is -0.247 e. The van der Waals surface area contributed by atoms with Crippen LogP contribution in [0.3, 0.4) is 0 Å². The van der Waals surface area contributed by atoms with Crippen molar-refractivity contribution in [2.45, 2.75) is 19.3 Å². The minimum atomic E-state index is -0.0446. The van der Waals surface area contributed by atoms with Crippen molar-refractivity contribution in [1.82, 2.24) is 23.7 Å². The number of benzene rings is 7. The molecule has 264 valence electrons. The summed E-state index contributed by atoms with van der Waals surface area (Å²) in [7, 11) is 0. The summed E-state index contributed by atoms with van der Waals surface area (Å²) in [5.74, 6) is 0.690. The van der Waals surface area contributed by atoms with E-state index in [9.17, 15) is 0 Å². The lowest BCUT2D eigenvalue weighted by molar-refractivity contribution is 0.660. The monoisotopic (exact) mass is 735 g/mol. The van der Waals surface area contributed by atoms with Gasteiger partial charge in [-0.3, -0.25) is 0 Å². The number of rotatable bonds is 5. The van der Waals surface area contributed by atoms with Crippen LogP contribution in [0.2, 0.25) is 0 Å². The van der Waals surface area contributed by atoms with Crippen molar-refractivity contribution in [3.8, 4) is 67.4 Å². The molecular weight excluding hydrogens is 703 g/mol. The second-order valence-corrected chi connectivity index (χ2v) is 15.5. The van der Waals surface area contributed by atoms with Gasteiger partial charge < -0.3 is 0 Å². The average molecular weight is 736 g/mol. The molecule has 0 atom stereocenters. The summed E-state index contributed by atoms with van der Waals surface area (Å²) in [5.41, 5.74) is 17.2. The van der Waals surface area contributed by atoms with E-state index in [1.54, 1.807) is 0 Å². The number of para-hydroxylation sites is 1. The van der Waals surface area contributed by atoms with E-state index in [1.165, 1.54) is 45.1 Å². The zero-order chi connectivity index (χ0) is 37.4. The first-order chi connectivity index (χ1) is 27.5. The van der Waals surface area contributed by atoms with Gasteiger partial charge in [0.05, 0.1) is 34.3 Å². The van der Waals surface area contributed by atoms with Gasteiger partial charge in [-0.05, 0) is 63.7 Å². The third-order valence-corrected chi connectivity index (χ3v) is 11.9. The molecule has 0 saturated heterocycles. The van der Waals surface area contributed by atoms with E-state index in [0.717, 1.165) is 72.0 Å². The fraction of sp³-hybridized carbons (Fsp3) is 0.0600. The maximum atomic E-state index is 5.17. The highest BCUT2D eigenvalue weighted by molar-refractivity contribution is 7.00. The van der Waals surface area contributed by atoms with Crippen molar-refractivity contribution in [2.24, 2.45) is 0 Å². The summed E-state index contributed by atoms with van der Waals surface area (Å²) in [6.45, 7) is 4.66. The molecule has 56 heavy (non-hydrogen) atoms. The highest BCUT2D eigenvalue weighted by atomic mass is 32.1. The molecule has 0 N–H and O–H groups in total. The van der Waals surface area contributed by atoms with Gasteiger partial charge in [0.1, 0.15) is 11.0 Å². The van der Waals surface area contributed by atoms with E-state index < -0.39 is 0 Å². The molecule has 0 amide bonds. The summed E-state index contributed by atoms with van der Waals surface area (Å²) >= 11 is 1.25. The van der Waals surface area contributed by atoms with Crippen molar-refractivity contribution in [3.05, 3.63) is 175 Å². The molecule has 6 heteroatoms. The van der Waals surface area contributed by atoms with E-state index in [-0.39, 0.29) is 5.41 Å². The van der Waals surface area contributed by atoms with Crippen LogP contribution in [-0.4, -0.2) is 23.7 Å². The molecule has 0 spiro atoms. The first kappa shape index (κ1) is 32.5. The average Bonchev–Trinajstić information content (AvgIpc) is 3.84. The number of hydrogen-bond donors (Lipinski definition) is 0. The van der Waals surface area contributed by atoms with E-state index >= 15 is 0 Å². The lowest BCUT2D eigenvalue weighted by Gasteiger charge is -2.22. The number of nitrogens with zero attached hydrogens (tertiary/aromatic N) is 5. The summed E-state index contributed by atoms with van der Waals surface area (Å²) in [5, 5.41) is 3.23. The zero-order valence-corrected chi connectivity index (χ0v) is 31.5. The van der Waals surface area contributed by atoms with Crippen LogP contribution in [-0.2, 0) is 5.41 Å². The molecule has 10 aromatic rings. The molecule has 0 bridgehead atoms. The molecule has 5 nitrogen and oxygen atoms in total. The highest BCUT2D eigenvalue weighted by Gasteiger charge is 2.35. The van der Waals surface area contributed by atoms with Gasteiger partial charge in [0.15, 0.2) is 5.82 Å². The molecule has 3 heterocycles. The van der Waals surface area contributed by atoms with Crippen molar-refractivity contribution < 1.29 is 0 Å². The zero-order valence-electron chi connectivity index (χ0n) is 30.7. The maximum absolute atomic E-state index is 5.17. The van der Waals surface area contributed by atoms with Crippen LogP contribution in [0, 0.1) is 0 Å². The molecular formula is C50H33N5S. The summed E-state index contributed by atoms with van der Waals surface area (Å²) in [6.07, 6.45) is 0. The van der Waals surface area contributed by atoms with Gasteiger partial charge in [0, 0.05) is 43.8 Å². The van der Waals surface area contributed by atoms with Crippen molar-refractivity contribution in [3.63, 3.8) is 0 Å². The Kier molecular flexibility index (Phi) is 7.31. The first-order valence-corrected chi connectivity index (χ1v) is 19.6. The van der Waals surface area contributed by atoms with Crippen LogP contribution in [0.5, 0.6) is 0 Å². The second-order valence-electron chi connectivity index (χ2n) is 15.0. The second kappa shape index (κ2) is 12.6. The molecule has 0 unspecified atom stereocenters. The number of hydrogen-bond acceptors (Lipinski definition) is 6. The normalized spacial score (nSPS) is 13.0. The van der Waals surface area contributed by atoms with Gasteiger partial charge in [0.2, 0.25) is 0 Å². The molecule has 0 aliphatic heterocycles. The Hall–Kier alpha value is -6.89. The first-order valence-electron chi connectivity index (χ1n) is 18.8. The lowest BCUT2D eigenvalue weighted by Crippen LogP contribution is -2.14. The smallest absolute Gasteiger partial charge is 0.160 e. The molecule has 0 fully saturated rings. The molecule has 0 saturated carbocycles. The van der Waals surface area contributed by atoms with Crippen LogP contribution in [0.25, 0.3) is 100 Å². The predicted octanol–water partition coefficient (Wildman–Crippen LogP) is 12.8. The van der Waals surface area contributed by atoms with Crippen molar-refractivity contribution in [2.75, 3.05) is 0 Å². The number of fused-ring (bicyclic) bond motifs is 8. The number of aromatic nitrogens is 5. The third-order valence-electron chi connectivity index (χ3n) is 11.4. The predicted molar refractivity (Wildman–Crippen MR) is 231 cm³/mol. The van der Waals surface area contributed by atoms with E-state index in [4.69, 9.17) is 15.0 Å². The lowest BCUT2D eigenvalue weighted by atomic mass is 9.81. The molecule has 3 aromatic heterocycles. The fourth-order valence-corrected chi connectivity index (χ4v) is 9.02. The van der Waals surface area contributed by atoms with Crippen molar-refractivity contribution >= 4 is 44.4 Å². The van der Waals surface area contributed by atoms with E-state index in [0.29, 0.717) is 5.82 Å². The Morgan fingerprint density at radius 3 is 1.86 bits per heavy atom. The topological polar surface area (TPSA) is 64.5 Å². The van der Waals surface area contributed by atoms with Crippen molar-refractivity contribution in [1.29, 1.82) is 0 Å². The highest BCUT2D eigenvalue weighted by Crippen LogP contribution is 2.49. The number of pyridine rings is 1. The Labute approximate surface area is 328 Å². The minimum absolute atomic E-state index is 0.0446. The summed E-state index contributed by atoms with van der Waals surface area (Å²) in [6, 6.07) is 57.8. The van der Waals surface area contributed by atoms with Crippen LogP contribution in [0.1, 0.15) is 25.0 Å². The van der Waals surface area contributed by atoms with E-state index in [1.807, 2.05) is 30.3 Å². The largest absolute Gasteiger partial charge is 0.247 e. The van der Waals surface area contributed by atoms with Gasteiger partial charge >= 0.3 is 0 Å². The molecule has 1 aliphatic carbocycles. The van der Waals surface area contributed by atoms with Gasteiger partial charge in [-0.15, -0.1) is 0 Å². The van der Waals surface area contributed by atoms with Crippen LogP contribution in [0.15, 0.2) is 164 Å². The quantitative estimate of drug-likeness (QED) is 0.165. The molecule has 0 radical (unpaired) electrons. The Morgan fingerprint density at radius 1 is 0.429 bits per heavy atom.